The van der Waals surface area contributed by atoms with Crippen LogP contribution in [0.1, 0.15) is 51.6 Å². The van der Waals surface area contributed by atoms with Crippen LogP contribution >= 0.6 is 0 Å². The minimum absolute atomic E-state index is 0.113. The molecule has 0 spiro atoms. The number of ether oxygens (including phenoxy) is 1. The third-order valence-electron chi connectivity index (χ3n) is 10.0. The molecule has 1 N–H and O–H groups in total. The first kappa shape index (κ1) is 38.2. The van der Waals surface area contributed by atoms with Crippen molar-refractivity contribution in [3.63, 3.8) is 0 Å². The molecule has 0 bridgehead atoms. The highest BCUT2D eigenvalue weighted by Crippen LogP contribution is 2.45. The Bertz CT molecular complexity index is 2370. The van der Waals surface area contributed by atoms with Gasteiger partial charge in [-0.3, -0.25) is 9.59 Å². The molecular weight excluding hydrogens is 734 g/mol. The molecule has 0 atom stereocenters. The summed E-state index contributed by atoms with van der Waals surface area (Å²) in [4.78, 5) is 33.4. The molecule has 0 unspecified atom stereocenters. The van der Waals surface area contributed by atoms with Gasteiger partial charge in [0.25, 0.3) is 5.91 Å². The number of aryl methyl sites for hydroxylation is 2. The Morgan fingerprint density at radius 2 is 1.39 bits per heavy atom. The number of alkyl halides is 6. The lowest BCUT2D eigenvalue weighted by Gasteiger charge is -2.27. The molecule has 1 aromatic heterocycles. The van der Waals surface area contributed by atoms with Gasteiger partial charge in [0, 0.05) is 18.7 Å². The second-order valence-electron chi connectivity index (χ2n) is 13.6. The van der Waals surface area contributed by atoms with Gasteiger partial charge in [-0.05, 0) is 83.5 Å². The fraction of sp³-hybridized carbons (Fsp3) is 0.233. The van der Waals surface area contributed by atoms with Crippen LogP contribution in [0.3, 0.4) is 0 Å². The number of hydrogen-bond donors (Lipinski definition) is 1. The SMILES string of the molecule is COc1ccc2c(nc(C)n2CCCCN(CC(F)(F)F)C(=O)C2c3ccccc3-c3ccccc32)c1NC(=O)c1ccccc1-c1ccc(C(F)(F)F)cc1. The van der Waals surface area contributed by atoms with E-state index in [1.807, 2.05) is 28.8 Å². The van der Waals surface area contributed by atoms with Gasteiger partial charge in [-0.25, -0.2) is 4.98 Å². The zero-order chi connectivity index (χ0) is 39.8. The zero-order valence-electron chi connectivity index (χ0n) is 30.3. The van der Waals surface area contributed by atoms with Gasteiger partial charge in [0.2, 0.25) is 5.91 Å². The van der Waals surface area contributed by atoms with Crippen molar-refractivity contribution < 1.29 is 40.7 Å². The van der Waals surface area contributed by atoms with Gasteiger partial charge >= 0.3 is 12.4 Å². The van der Waals surface area contributed by atoms with E-state index in [2.05, 4.69) is 5.32 Å². The largest absolute Gasteiger partial charge is 0.494 e. The van der Waals surface area contributed by atoms with Crippen molar-refractivity contribution in [3.8, 4) is 28.0 Å². The predicted molar refractivity (Wildman–Crippen MR) is 201 cm³/mol. The minimum Gasteiger partial charge on any atom is -0.494 e. The maximum Gasteiger partial charge on any atom is 0.416 e. The number of unbranched alkanes of at least 4 members (excludes halogenated alkanes) is 1. The number of rotatable bonds is 11. The summed E-state index contributed by atoms with van der Waals surface area (Å²) in [5.74, 6) is -1.08. The van der Waals surface area contributed by atoms with Crippen LogP contribution in [0.4, 0.5) is 32.0 Å². The summed E-state index contributed by atoms with van der Waals surface area (Å²) in [6.45, 7) is 0.650. The Kier molecular flexibility index (Phi) is 10.4. The molecule has 288 valence electrons. The van der Waals surface area contributed by atoms with E-state index in [1.165, 1.54) is 19.2 Å². The second-order valence-corrected chi connectivity index (χ2v) is 13.6. The highest BCUT2D eigenvalue weighted by Gasteiger charge is 2.40. The van der Waals surface area contributed by atoms with Gasteiger partial charge in [0.05, 0.1) is 24.1 Å². The first-order valence-corrected chi connectivity index (χ1v) is 17.9. The summed E-state index contributed by atoms with van der Waals surface area (Å²) >= 11 is 0. The normalized spacial score (nSPS) is 12.7. The molecule has 6 aromatic rings. The van der Waals surface area contributed by atoms with Crippen molar-refractivity contribution >= 4 is 28.5 Å². The molecule has 1 heterocycles. The molecule has 56 heavy (non-hydrogen) atoms. The van der Waals surface area contributed by atoms with Crippen LogP contribution < -0.4 is 10.1 Å². The maximum absolute atomic E-state index is 14.0. The standard InChI is InChI=1S/C43H36F6N4O3/c1-26-50-38-35(21-22-36(56-2)39(38)51-40(54)34-16-8-3-11-29(34)27-17-19-28(20-18-27)43(47,48)49)53(26)24-10-9-23-52(25-42(44,45)46)41(55)37-32-14-6-4-12-30(32)31-13-5-7-15-33(31)37/h3-8,11-22,37H,9-10,23-25H2,1-2H3,(H,51,54). The molecule has 2 amide bonds. The Hall–Kier alpha value is -6.11. The molecule has 0 saturated heterocycles. The Balaban J connectivity index is 1.09. The van der Waals surface area contributed by atoms with Gasteiger partial charge in [-0.1, -0.05) is 78.9 Å². The van der Waals surface area contributed by atoms with Crippen LogP contribution in [0.15, 0.2) is 109 Å². The Morgan fingerprint density at radius 3 is 2.00 bits per heavy atom. The number of halogens is 6. The summed E-state index contributed by atoms with van der Waals surface area (Å²) < 4.78 is 88.7. The summed E-state index contributed by atoms with van der Waals surface area (Å²) in [5.41, 5.74) is 4.63. The van der Waals surface area contributed by atoms with Gasteiger partial charge in [0.15, 0.2) is 0 Å². The summed E-state index contributed by atoms with van der Waals surface area (Å²) in [5, 5.41) is 2.89. The van der Waals surface area contributed by atoms with E-state index in [4.69, 9.17) is 9.72 Å². The lowest BCUT2D eigenvalue weighted by molar-refractivity contribution is -0.161. The number of amides is 2. The number of nitrogens with one attached hydrogen (secondary N) is 1. The Morgan fingerprint density at radius 1 is 0.786 bits per heavy atom. The summed E-state index contributed by atoms with van der Waals surface area (Å²) in [6, 6.07) is 29.1. The van der Waals surface area contributed by atoms with E-state index in [0.29, 0.717) is 57.8 Å². The lowest BCUT2D eigenvalue weighted by Crippen LogP contribution is -2.42. The number of benzene rings is 5. The summed E-state index contributed by atoms with van der Waals surface area (Å²) in [7, 11) is 1.44. The molecule has 7 nitrogen and oxygen atoms in total. The monoisotopic (exact) mass is 770 g/mol. The number of nitrogens with zero attached hydrogens (tertiary/aromatic N) is 3. The third-order valence-corrected chi connectivity index (χ3v) is 10.0. The average molecular weight is 771 g/mol. The average Bonchev–Trinajstić information content (AvgIpc) is 3.69. The molecule has 1 aliphatic rings. The molecule has 5 aromatic carbocycles. The summed E-state index contributed by atoms with van der Waals surface area (Å²) in [6.07, 6.45) is -8.41. The number of imidazole rings is 1. The lowest BCUT2D eigenvalue weighted by atomic mass is 9.95. The van der Waals surface area contributed by atoms with E-state index in [-0.39, 0.29) is 24.2 Å². The van der Waals surface area contributed by atoms with Crippen LogP contribution in [-0.4, -0.2) is 52.6 Å². The van der Waals surface area contributed by atoms with Crippen LogP contribution in [0.25, 0.3) is 33.3 Å². The highest BCUT2D eigenvalue weighted by molar-refractivity contribution is 6.12. The third kappa shape index (κ3) is 7.58. The number of fused-ring (bicyclic) bond motifs is 4. The second kappa shape index (κ2) is 15.2. The fourth-order valence-electron chi connectivity index (χ4n) is 7.48. The number of anilines is 1. The predicted octanol–water partition coefficient (Wildman–Crippen LogP) is 10.3. The van der Waals surface area contributed by atoms with E-state index in [1.54, 1.807) is 67.6 Å². The number of hydrogen-bond acceptors (Lipinski definition) is 4. The number of carbonyl (C=O) groups excluding carboxylic acids is 2. The highest BCUT2D eigenvalue weighted by atomic mass is 19.4. The van der Waals surface area contributed by atoms with E-state index in [9.17, 15) is 35.9 Å². The van der Waals surface area contributed by atoms with E-state index < -0.39 is 42.2 Å². The van der Waals surface area contributed by atoms with Crippen molar-refractivity contribution in [2.45, 2.75) is 44.6 Å². The molecule has 1 aliphatic carbocycles. The topological polar surface area (TPSA) is 76.5 Å². The van der Waals surface area contributed by atoms with Crippen molar-refractivity contribution in [2.24, 2.45) is 0 Å². The maximum atomic E-state index is 14.0. The van der Waals surface area contributed by atoms with Crippen molar-refractivity contribution in [2.75, 3.05) is 25.5 Å². The molecule has 13 heteroatoms. The van der Waals surface area contributed by atoms with E-state index in [0.717, 1.165) is 28.2 Å². The van der Waals surface area contributed by atoms with Crippen LogP contribution in [0.5, 0.6) is 5.75 Å². The smallest absolute Gasteiger partial charge is 0.416 e. The number of aromatic nitrogens is 2. The Labute approximate surface area is 318 Å². The van der Waals surface area contributed by atoms with Gasteiger partial charge in [0.1, 0.15) is 29.3 Å². The van der Waals surface area contributed by atoms with E-state index >= 15 is 0 Å². The molecule has 7 rings (SSSR count). The minimum atomic E-state index is -4.59. The zero-order valence-corrected chi connectivity index (χ0v) is 30.3. The van der Waals surface area contributed by atoms with Crippen molar-refractivity contribution in [1.29, 1.82) is 0 Å². The van der Waals surface area contributed by atoms with Gasteiger partial charge in [-0.15, -0.1) is 0 Å². The quantitative estimate of drug-likeness (QED) is 0.105. The fourth-order valence-corrected chi connectivity index (χ4v) is 7.48. The molecular formula is C43H36F6N4O3. The molecule has 0 fully saturated rings. The van der Waals surface area contributed by atoms with Gasteiger partial charge in [-0.2, -0.15) is 26.3 Å². The van der Waals surface area contributed by atoms with Crippen LogP contribution in [-0.2, 0) is 17.5 Å². The van der Waals surface area contributed by atoms with Crippen molar-refractivity contribution in [1.82, 2.24) is 14.5 Å². The van der Waals surface area contributed by atoms with Crippen LogP contribution in [0.2, 0.25) is 0 Å². The number of methoxy groups -OCH3 is 1. The molecule has 0 radical (unpaired) electrons. The molecule has 0 saturated carbocycles. The first-order valence-electron chi connectivity index (χ1n) is 17.9. The van der Waals surface area contributed by atoms with Crippen LogP contribution in [0, 0.1) is 6.92 Å². The first-order chi connectivity index (χ1) is 26.7. The van der Waals surface area contributed by atoms with Crippen molar-refractivity contribution in [3.05, 3.63) is 137 Å². The number of carbonyl (C=O) groups is 2. The van der Waals surface area contributed by atoms with Gasteiger partial charge < -0.3 is 19.5 Å². The molecule has 0 aliphatic heterocycles.